The second-order valence-corrected chi connectivity index (χ2v) is 10.5. The molecular weight excluding hydrogens is 381 g/mol. The van der Waals surface area contributed by atoms with Crippen LogP contribution in [-0.2, 0) is 16.3 Å². The molecule has 1 heterocycles. The van der Waals surface area contributed by atoms with E-state index in [4.69, 9.17) is 21.1 Å². The zero-order valence-electron chi connectivity index (χ0n) is 15.1. The number of aryl methyl sites for hydroxylation is 1. The minimum atomic E-state index is -2.38. The van der Waals surface area contributed by atoms with Crippen molar-refractivity contribution in [1.82, 2.24) is 0 Å². The quantitative estimate of drug-likeness (QED) is 0.504. The topological polar surface area (TPSA) is 30.5 Å². The Morgan fingerprint density at radius 1 is 1.08 bits per heavy atom. The molecule has 0 aliphatic carbocycles. The lowest BCUT2D eigenvalue weighted by Crippen LogP contribution is -2.13. The van der Waals surface area contributed by atoms with Crippen molar-refractivity contribution >= 4 is 39.9 Å². The molecule has 3 aromatic rings. The number of methoxy groups -OCH3 is 1. The van der Waals surface area contributed by atoms with Gasteiger partial charge in [0, 0.05) is 10.2 Å². The predicted octanol–water partition coefficient (Wildman–Crippen LogP) is 5.82. The third kappa shape index (κ3) is 4.18. The number of thiophene rings is 1. The normalized spacial score (nSPS) is 13.2. The van der Waals surface area contributed by atoms with E-state index < -0.39 is 6.42 Å². The molecule has 136 valence electrons. The van der Waals surface area contributed by atoms with Crippen molar-refractivity contribution in [2.45, 2.75) is 13.8 Å². The number of benzene rings is 2. The van der Waals surface area contributed by atoms with Crippen molar-refractivity contribution in [1.29, 1.82) is 0 Å². The van der Waals surface area contributed by atoms with Gasteiger partial charge in [0.2, 0.25) is 0 Å². The van der Waals surface area contributed by atoms with E-state index in [9.17, 15) is 0 Å². The van der Waals surface area contributed by atoms with Crippen LogP contribution in [-0.4, -0.2) is 13.7 Å². The van der Waals surface area contributed by atoms with E-state index in [0.29, 0.717) is 6.61 Å². The van der Waals surface area contributed by atoms with Gasteiger partial charge in [-0.1, -0.05) is 30.3 Å². The van der Waals surface area contributed by atoms with Gasteiger partial charge in [-0.2, -0.15) is 0 Å². The first-order chi connectivity index (χ1) is 12.6. The first-order valence-electron chi connectivity index (χ1n) is 8.39. The van der Waals surface area contributed by atoms with Crippen LogP contribution >= 0.6 is 17.8 Å². The van der Waals surface area contributed by atoms with Crippen LogP contribution in [0, 0.1) is 6.92 Å². The second-order valence-electron chi connectivity index (χ2n) is 5.77. The molecule has 1 aromatic heterocycles. The fraction of sp³-hybridized carbons (Fsp3) is 0.200. The highest BCUT2D eigenvalue weighted by Gasteiger charge is 2.22. The third-order valence-corrected chi connectivity index (χ3v) is 8.64. The maximum absolute atomic E-state index is 6.03. The molecule has 3 nitrogen and oxygen atoms in total. The monoisotopic (exact) mass is 403 g/mol. The Hall–Kier alpha value is -1.65. The van der Waals surface area contributed by atoms with Gasteiger partial charge < -0.3 is 14.3 Å². The Morgan fingerprint density at radius 3 is 2.38 bits per heavy atom. The van der Waals surface area contributed by atoms with Crippen molar-refractivity contribution in [2.75, 3.05) is 18.8 Å². The highest BCUT2D eigenvalue weighted by atomic mass is 32.4. The Morgan fingerprint density at radius 2 is 1.77 bits per heavy atom. The van der Waals surface area contributed by atoms with Gasteiger partial charge in [-0.25, -0.2) is 0 Å². The van der Waals surface area contributed by atoms with E-state index >= 15 is 0 Å². The van der Waals surface area contributed by atoms with Crippen molar-refractivity contribution in [3.63, 3.8) is 0 Å². The van der Waals surface area contributed by atoms with Crippen LogP contribution < -0.4 is 15.1 Å². The first-order valence-corrected chi connectivity index (χ1v) is 11.9. The van der Waals surface area contributed by atoms with Gasteiger partial charge in [-0.05, 0) is 67.1 Å². The Bertz CT molecular complexity index is 907. The van der Waals surface area contributed by atoms with Crippen LogP contribution in [0.25, 0.3) is 10.4 Å². The molecule has 26 heavy (non-hydrogen) atoms. The maximum atomic E-state index is 6.03. The van der Waals surface area contributed by atoms with E-state index in [1.165, 1.54) is 16.0 Å². The van der Waals surface area contributed by atoms with Crippen molar-refractivity contribution in [2.24, 2.45) is 0 Å². The largest absolute Gasteiger partial charge is 0.497 e. The van der Waals surface area contributed by atoms with Gasteiger partial charge in [0.25, 0.3) is 0 Å². The first kappa shape index (κ1) is 19.1. The molecule has 0 aliphatic heterocycles. The number of nitrogens with one attached hydrogen (secondary N) is 1. The molecule has 1 atom stereocenters. The summed E-state index contributed by atoms with van der Waals surface area (Å²) in [5.74, 6) is 0.810. The summed E-state index contributed by atoms with van der Waals surface area (Å²) in [6.07, 6.45) is -2.38. The van der Waals surface area contributed by atoms with Crippen molar-refractivity contribution in [3.8, 4) is 16.2 Å². The number of hydrogen-bond donors (Lipinski definition) is 1. The summed E-state index contributed by atoms with van der Waals surface area (Å²) in [5, 5.41) is 5.55. The summed E-state index contributed by atoms with van der Waals surface area (Å²) >= 11 is 7.65. The van der Waals surface area contributed by atoms with E-state index in [1.54, 1.807) is 18.4 Å². The molecule has 1 unspecified atom stereocenters. The van der Waals surface area contributed by atoms with E-state index in [-0.39, 0.29) is 0 Å². The number of rotatable bonds is 7. The fourth-order valence-corrected chi connectivity index (χ4v) is 6.94. The highest BCUT2D eigenvalue weighted by Crippen LogP contribution is 2.49. The summed E-state index contributed by atoms with van der Waals surface area (Å²) < 4.78 is 11.3. The molecule has 0 saturated carbocycles. The minimum absolute atomic E-state index is 0.562. The SMILES string of the molecule is CCOP(=S)(Nc1cc(C)c(-c2ccccc2)s1)c1ccc(OC)cc1. The Kier molecular flexibility index (Phi) is 6.15. The fourth-order valence-electron chi connectivity index (χ4n) is 2.69. The van der Waals surface area contributed by atoms with Gasteiger partial charge >= 0.3 is 0 Å². The molecule has 6 heteroatoms. The van der Waals surface area contributed by atoms with Gasteiger partial charge in [0.15, 0.2) is 6.42 Å². The molecule has 2 aromatic carbocycles. The van der Waals surface area contributed by atoms with Crippen molar-refractivity contribution < 1.29 is 9.26 Å². The lowest BCUT2D eigenvalue weighted by molar-refractivity contribution is 0.384. The van der Waals surface area contributed by atoms with Crippen LogP contribution in [0.4, 0.5) is 5.00 Å². The van der Waals surface area contributed by atoms with Crippen LogP contribution in [0.5, 0.6) is 5.75 Å². The van der Waals surface area contributed by atoms with E-state index in [0.717, 1.165) is 16.1 Å². The molecule has 3 rings (SSSR count). The van der Waals surface area contributed by atoms with Gasteiger partial charge in [0.05, 0.1) is 18.7 Å². The van der Waals surface area contributed by atoms with Crippen LogP contribution in [0.1, 0.15) is 12.5 Å². The molecule has 0 fully saturated rings. The number of anilines is 1. The standard InChI is InChI=1S/C20H22NO2PS2/c1-4-23-24(25,18-12-10-17(22-3)11-13-18)21-19-14-15(2)20(26-19)16-8-6-5-7-9-16/h5-14H,4H2,1-3H3,(H,21,25). The summed E-state index contributed by atoms with van der Waals surface area (Å²) in [6, 6.07) is 20.4. The van der Waals surface area contributed by atoms with Crippen LogP contribution in [0.3, 0.4) is 0 Å². The minimum Gasteiger partial charge on any atom is -0.497 e. The molecule has 1 N–H and O–H groups in total. The summed E-state index contributed by atoms with van der Waals surface area (Å²) in [5.41, 5.74) is 2.45. The smallest absolute Gasteiger partial charge is 0.183 e. The zero-order chi connectivity index (χ0) is 18.6. The van der Waals surface area contributed by atoms with Gasteiger partial charge in [0.1, 0.15) is 5.75 Å². The zero-order valence-corrected chi connectivity index (χ0v) is 17.6. The van der Waals surface area contributed by atoms with Crippen LogP contribution in [0.15, 0.2) is 60.7 Å². The molecule has 0 amide bonds. The Balaban J connectivity index is 1.92. The van der Waals surface area contributed by atoms with Crippen molar-refractivity contribution in [3.05, 3.63) is 66.2 Å². The lowest BCUT2D eigenvalue weighted by atomic mass is 10.1. The average Bonchev–Trinajstić information content (AvgIpc) is 3.02. The predicted molar refractivity (Wildman–Crippen MR) is 117 cm³/mol. The maximum Gasteiger partial charge on any atom is 0.183 e. The molecule has 0 radical (unpaired) electrons. The molecular formula is C20H22NO2PS2. The molecule has 0 bridgehead atoms. The van der Waals surface area contributed by atoms with E-state index in [2.05, 4.69) is 42.3 Å². The number of ether oxygens (including phenoxy) is 1. The van der Waals surface area contributed by atoms with Gasteiger partial charge in [-0.15, -0.1) is 11.3 Å². The Labute approximate surface area is 164 Å². The molecule has 0 spiro atoms. The number of hydrogen-bond acceptors (Lipinski definition) is 4. The highest BCUT2D eigenvalue weighted by molar-refractivity contribution is 8.16. The summed E-state index contributed by atoms with van der Waals surface area (Å²) in [7, 11) is 1.66. The van der Waals surface area contributed by atoms with Crippen LogP contribution in [0.2, 0.25) is 0 Å². The second kappa shape index (κ2) is 8.36. The van der Waals surface area contributed by atoms with E-state index in [1.807, 2.05) is 37.3 Å². The summed E-state index contributed by atoms with van der Waals surface area (Å²) in [6.45, 7) is 4.66. The van der Waals surface area contributed by atoms with Gasteiger partial charge in [-0.3, -0.25) is 0 Å². The third-order valence-electron chi connectivity index (χ3n) is 3.93. The lowest BCUT2D eigenvalue weighted by Gasteiger charge is -2.23. The molecule has 0 aliphatic rings. The summed E-state index contributed by atoms with van der Waals surface area (Å²) in [4.78, 5) is 1.25. The average molecular weight is 404 g/mol. The molecule has 0 saturated heterocycles.